The van der Waals surface area contributed by atoms with E-state index in [1.54, 1.807) is 0 Å². The van der Waals surface area contributed by atoms with Gasteiger partial charge < -0.3 is 33.8 Å². The average Bonchev–Trinajstić information content (AvgIpc) is 1.31. The quantitative estimate of drug-likeness (QED) is 0.0222. The summed E-state index contributed by atoms with van der Waals surface area (Å²) in [6.45, 7) is 4.98. The van der Waals surface area contributed by atoms with E-state index in [4.69, 9.17) is 37.0 Å². The molecule has 0 heterocycles. The second-order valence-corrected chi connectivity index (χ2v) is 32.1. The molecule has 0 radical (unpaired) electrons. The summed E-state index contributed by atoms with van der Waals surface area (Å²) in [7, 11) is -9.91. The highest BCUT2D eigenvalue weighted by Gasteiger charge is 2.30. The lowest BCUT2D eigenvalue weighted by Crippen LogP contribution is -2.30. The zero-order valence-electron chi connectivity index (χ0n) is 65.2. The summed E-state index contributed by atoms with van der Waals surface area (Å²) in [6, 6.07) is 0. The van der Waals surface area contributed by atoms with Crippen LogP contribution in [0.2, 0.25) is 0 Å². The second kappa shape index (κ2) is 75.3. The van der Waals surface area contributed by atoms with Gasteiger partial charge in [-0.2, -0.15) is 0 Å². The number of unbranched alkanes of at least 4 members (excludes halogenated alkanes) is 56. The van der Waals surface area contributed by atoms with Gasteiger partial charge in [0.25, 0.3) is 0 Å². The van der Waals surface area contributed by atoms with Gasteiger partial charge in [-0.25, -0.2) is 9.13 Å². The Hall–Kier alpha value is -1.94. The van der Waals surface area contributed by atoms with E-state index in [9.17, 15) is 43.2 Å². The van der Waals surface area contributed by atoms with Crippen LogP contribution in [0.15, 0.2) is 0 Å². The van der Waals surface area contributed by atoms with Crippen LogP contribution in [-0.2, 0) is 65.4 Å². The molecule has 0 saturated heterocycles. The fraction of sp³-hybridized carbons (Fsp3) is 0.951. The molecule has 0 amide bonds. The van der Waals surface area contributed by atoms with E-state index >= 15 is 0 Å². The molecule has 0 aliphatic carbocycles. The molecule has 5 atom stereocenters. The summed E-state index contributed by atoms with van der Waals surface area (Å²) in [4.78, 5) is 72.9. The van der Waals surface area contributed by atoms with E-state index in [0.717, 1.165) is 103 Å². The number of esters is 4. The van der Waals surface area contributed by atoms with E-state index in [1.807, 2.05) is 0 Å². The SMILES string of the molecule is CCCCCCCCCCCCCCCCCCCCCCCCC(=O)O[C@H](COC(=O)CCCCCCCCCCCCCCCCCC)COP(=O)(O)OC[C@@H](O)COP(=O)(O)OC[C@@H](COC(=O)CCCCCCCCC)OC(=O)CCCCCCCCCCCCCCCCC. The first-order valence-electron chi connectivity index (χ1n) is 42.3. The van der Waals surface area contributed by atoms with Gasteiger partial charge in [-0.15, -0.1) is 0 Å². The molecular formula is C81H158O17P2. The van der Waals surface area contributed by atoms with Crippen molar-refractivity contribution < 1.29 is 80.2 Å². The highest BCUT2D eigenvalue weighted by atomic mass is 31.2. The lowest BCUT2D eigenvalue weighted by Gasteiger charge is -2.21. The molecular weight excluding hydrogens is 1310 g/mol. The number of ether oxygens (including phenoxy) is 4. The highest BCUT2D eigenvalue weighted by molar-refractivity contribution is 7.47. The number of rotatable bonds is 82. The van der Waals surface area contributed by atoms with E-state index in [-0.39, 0.29) is 25.7 Å². The number of hydrogen-bond donors (Lipinski definition) is 3. The molecule has 594 valence electrons. The molecule has 19 heteroatoms. The third-order valence-electron chi connectivity index (χ3n) is 19.1. The van der Waals surface area contributed by atoms with Crippen molar-refractivity contribution in [1.82, 2.24) is 0 Å². The Kier molecular flexibility index (Phi) is 73.8. The zero-order valence-corrected chi connectivity index (χ0v) is 67.0. The zero-order chi connectivity index (χ0) is 73.2. The van der Waals surface area contributed by atoms with E-state index in [2.05, 4.69) is 27.7 Å². The molecule has 0 aromatic rings. The fourth-order valence-electron chi connectivity index (χ4n) is 12.6. The summed E-state index contributed by atoms with van der Waals surface area (Å²) < 4.78 is 68.6. The van der Waals surface area contributed by atoms with Crippen LogP contribution in [0.1, 0.15) is 439 Å². The van der Waals surface area contributed by atoms with Crippen molar-refractivity contribution in [2.45, 2.75) is 457 Å². The Morgan fingerprint density at radius 2 is 0.400 bits per heavy atom. The molecule has 0 fully saturated rings. The molecule has 0 aliphatic heterocycles. The maximum absolute atomic E-state index is 13.1. The molecule has 0 aromatic heterocycles. The van der Waals surface area contributed by atoms with Gasteiger partial charge in [-0.1, -0.05) is 387 Å². The molecule has 3 N–H and O–H groups in total. The van der Waals surface area contributed by atoms with Gasteiger partial charge >= 0.3 is 39.5 Å². The molecule has 0 saturated carbocycles. The van der Waals surface area contributed by atoms with E-state index in [0.29, 0.717) is 25.7 Å². The van der Waals surface area contributed by atoms with Gasteiger partial charge in [0.2, 0.25) is 0 Å². The standard InChI is InChI=1S/C81H158O17P2/c1-5-9-13-17-21-24-27-30-33-35-36-37-38-39-40-43-46-49-52-56-60-64-68-81(86)98-77(72-92-79(84)66-62-58-54-50-47-44-42-34-31-28-25-22-18-14-10-6-2)74-96-100(89,90)94-70-75(82)69-93-99(87,88)95-73-76(71-91-78(83)65-61-57-53-20-16-12-8-4)97-80(85)67-63-59-55-51-48-45-41-32-29-26-23-19-15-11-7-3/h75-77,82H,5-74H2,1-4H3,(H,87,88)(H,89,90)/t75-,76+,77+/m0/s1. The van der Waals surface area contributed by atoms with E-state index in [1.165, 1.54) is 257 Å². The van der Waals surface area contributed by atoms with Gasteiger partial charge in [0.05, 0.1) is 26.4 Å². The van der Waals surface area contributed by atoms with Crippen LogP contribution in [0.3, 0.4) is 0 Å². The lowest BCUT2D eigenvalue weighted by atomic mass is 10.0. The minimum absolute atomic E-state index is 0.108. The third kappa shape index (κ3) is 74.3. The number of aliphatic hydroxyl groups excluding tert-OH is 1. The molecule has 0 aliphatic rings. The monoisotopic (exact) mass is 1470 g/mol. The third-order valence-corrected chi connectivity index (χ3v) is 21.0. The summed E-state index contributed by atoms with van der Waals surface area (Å²) >= 11 is 0. The normalized spacial score (nSPS) is 13.8. The van der Waals surface area contributed by atoms with Crippen molar-refractivity contribution in [1.29, 1.82) is 0 Å². The van der Waals surface area contributed by atoms with Gasteiger partial charge in [-0.05, 0) is 25.7 Å². The lowest BCUT2D eigenvalue weighted by molar-refractivity contribution is -0.161. The van der Waals surface area contributed by atoms with Crippen molar-refractivity contribution in [3.05, 3.63) is 0 Å². The topological polar surface area (TPSA) is 237 Å². The predicted molar refractivity (Wildman–Crippen MR) is 409 cm³/mol. The smallest absolute Gasteiger partial charge is 0.462 e. The second-order valence-electron chi connectivity index (χ2n) is 29.2. The van der Waals surface area contributed by atoms with Crippen molar-refractivity contribution in [3.63, 3.8) is 0 Å². The molecule has 17 nitrogen and oxygen atoms in total. The first-order valence-corrected chi connectivity index (χ1v) is 45.3. The first kappa shape index (κ1) is 98.1. The average molecular weight is 1470 g/mol. The molecule has 0 rings (SSSR count). The summed E-state index contributed by atoms with van der Waals surface area (Å²) in [5.41, 5.74) is 0. The summed E-state index contributed by atoms with van der Waals surface area (Å²) in [5.74, 6) is -2.11. The van der Waals surface area contributed by atoms with Crippen molar-refractivity contribution in [2.24, 2.45) is 0 Å². The van der Waals surface area contributed by atoms with Gasteiger partial charge in [0.15, 0.2) is 12.2 Å². The Morgan fingerprint density at radius 1 is 0.240 bits per heavy atom. The molecule has 0 aromatic carbocycles. The minimum Gasteiger partial charge on any atom is -0.462 e. The fourth-order valence-corrected chi connectivity index (χ4v) is 14.2. The van der Waals surface area contributed by atoms with E-state index < -0.39 is 97.5 Å². The van der Waals surface area contributed by atoms with Crippen LogP contribution in [0.5, 0.6) is 0 Å². The van der Waals surface area contributed by atoms with Crippen molar-refractivity contribution >= 4 is 39.5 Å². The van der Waals surface area contributed by atoms with Crippen molar-refractivity contribution in [2.75, 3.05) is 39.6 Å². The molecule has 0 spiro atoms. The highest BCUT2D eigenvalue weighted by Crippen LogP contribution is 2.45. The first-order chi connectivity index (χ1) is 48.7. The van der Waals surface area contributed by atoms with Crippen LogP contribution < -0.4 is 0 Å². The van der Waals surface area contributed by atoms with Gasteiger partial charge in [-0.3, -0.25) is 37.3 Å². The summed E-state index contributed by atoms with van der Waals surface area (Å²) in [5, 5.41) is 10.6. The molecule has 2 unspecified atom stereocenters. The Balaban J connectivity index is 5.15. The Morgan fingerprint density at radius 3 is 0.590 bits per heavy atom. The minimum atomic E-state index is -4.96. The number of carbonyl (C=O) groups is 4. The summed E-state index contributed by atoms with van der Waals surface area (Å²) in [6.07, 6.45) is 68.2. The number of phosphoric ester groups is 2. The number of phosphoric acid groups is 2. The molecule has 0 bridgehead atoms. The maximum atomic E-state index is 13.1. The maximum Gasteiger partial charge on any atom is 0.472 e. The number of aliphatic hydroxyl groups is 1. The van der Waals surface area contributed by atoms with Crippen LogP contribution in [0.25, 0.3) is 0 Å². The van der Waals surface area contributed by atoms with Crippen LogP contribution >= 0.6 is 15.6 Å². The number of hydrogen-bond acceptors (Lipinski definition) is 15. The number of carbonyl (C=O) groups excluding carboxylic acids is 4. The Bertz CT molecular complexity index is 1890. The van der Waals surface area contributed by atoms with Gasteiger partial charge in [0.1, 0.15) is 19.3 Å². The van der Waals surface area contributed by atoms with Crippen LogP contribution in [0.4, 0.5) is 0 Å². The van der Waals surface area contributed by atoms with Crippen LogP contribution in [0, 0.1) is 0 Å². The largest absolute Gasteiger partial charge is 0.472 e. The van der Waals surface area contributed by atoms with Crippen molar-refractivity contribution in [3.8, 4) is 0 Å². The Labute approximate surface area is 613 Å². The predicted octanol–water partition coefficient (Wildman–Crippen LogP) is 24.6. The molecule has 100 heavy (non-hydrogen) atoms. The van der Waals surface area contributed by atoms with Gasteiger partial charge in [0, 0.05) is 25.7 Å². The van der Waals surface area contributed by atoms with Crippen LogP contribution in [-0.4, -0.2) is 96.7 Å².